The van der Waals surface area contributed by atoms with E-state index in [1.807, 2.05) is 27.7 Å². The summed E-state index contributed by atoms with van der Waals surface area (Å²) >= 11 is 4.25. The van der Waals surface area contributed by atoms with Gasteiger partial charge in [0.05, 0.1) is 0 Å². The third kappa shape index (κ3) is 8.26. The van der Waals surface area contributed by atoms with Gasteiger partial charge in [-0.25, -0.2) is 4.79 Å². The molecule has 0 radical (unpaired) electrons. The van der Waals surface area contributed by atoms with Crippen LogP contribution in [0.5, 0.6) is 5.75 Å². The molecule has 1 aromatic carbocycles. The van der Waals surface area contributed by atoms with Crippen LogP contribution in [-0.2, 0) is 14.3 Å². The standard InChI is InChI=1S/C23H37N3O5S/c1-8-15(4)26(21(29)18(13-32)25-22(30)31-23(5,6)7)19(20(28)24-14(2)3)16-10-9-11-17(27)12-16/h9-12,14-15,18-19,27,32H,8,13H2,1-7H3,(H,24,28)(H,25,30). The molecule has 3 unspecified atom stereocenters. The molecule has 1 aromatic rings. The lowest BCUT2D eigenvalue weighted by Gasteiger charge is -2.38. The molecule has 0 aromatic heterocycles. The number of carbonyl (C=O) groups excluding carboxylic acids is 3. The smallest absolute Gasteiger partial charge is 0.408 e. The monoisotopic (exact) mass is 467 g/mol. The number of hydrogen-bond donors (Lipinski definition) is 4. The van der Waals surface area contributed by atoms with Crippen LogP contribution in [0.3, 0.4) is 0 Å². The van der Waals surface area contributed by atoms with Crippen LogP contribution in [0, 0.1) is 0 Å². The summed E-state index contributed by atoms with van der Waals surface area (Å²) in [5, 5.41) is 15.4. The van der Waals surface area contributed by atoms with Crippen LogP contribution in [0.1, 0.15) is 66.5 Å². The first-order valence-electron chi connectivity index (χ1n) is 10.8. The summed E-state index contributed by atoms with van der Waals surface area (Å²) in [6.45, 7) is 12.6. The maximum atomic E-state index is 13.6. The summed E-state index contributed by atoms with van der Waals surface area (Å²) in [6.07, 6.45) is -0.170. The molecule has 0 fully saturated rings. The molecule has 1 rings (SSSR count). The van der Waals surface area contributed by atoms with E-state index in [4.69, 9.17) is 4.74 Å². The summed E-state index contributed by atoms with van der Waals surface area (Å²) in [7, 11) is 0. The van der Waals surface area contributed by atoms with Crippen molar-refractivity contribution in [2.75, 3.05) is 5.75 Å². The van der Waals surface area contributed by atoms with Gasteiger partial charge in [0.15, 0.2) is 0 Å². The average molecular weight is 468 g/mol. The molecule has 0 heterocycles. The SMILES string of the molecule is CCC(C)N(C(=O)C(CS)NC(=O)OC(C)(C)C)C(C(=O)NC(C)C)c1cccc(O)c1. The van der Waals surface area contributed by atoms with Crippen molar-refractivity contribution in [3.8, 4) is 5.75 Å². The van der Waals surface area contributed by atoms with Crippen molar-refractivity contribution in [3.63, 3.8) is 0 Å². The number of rotatable bonds is 9. The number of alkyl carbamates (subject to hydrolysis) is 1. The molecule has 32 heavy (non-hydrogen) atoms. The van der Waals surface area contributed by atoms with Gasteiger partial charge in [-0.1, -0.05) is 19.1 Å². The van der Waals surface area contributed by atoms with E-state index in [-0.39, 0.29) is 29.5 Å². The van der Waals surface area contributed by atoms with E-state index in [9.17, 15) is 19.5 Å². The molecular formula is C23H37N3O5S. The zero-order valence-corrected chi connectivity index (χ0v) is 20.9. The molecule has 3 atom stereocenters. The third-order valence-electron chi connectivity index (χ3n) is 4.64. The number of carbonyl (C=O) groups is 3. The topological polar surface area (TPSA) is 108 Å². The Morgan fingerprint density at radius 2 is 1.78 bits per heavy atom. The van der Waals surface area contributed by atoms with Crippen molar-refractivity contribution in [3.05, 3.63) is 29.8 Å². The second-order valence-electron chi connectivity index (χ2n) is 9.04. The zero-order valence-electron chi connectivity index (χ0n) is 20.0. The zero-order chi connectivity index (χ0) is 24.6. The van der Waals surface area contributed by atoms with Gasteiger partial charge >= 0.3 is 6.09 Å². The molecule has 0 spiro atoms. The molecule has 0 aliphatic heterocycles. The van der Waals surface area contributed by atoms with E-state index < -0.39 is 29.7 Å². The van der Waals surface area contributed by atoms with E-state index >= 15 is 0 Å². The Morgan fingerprint density at radius 3 is 2.25 bits per heavy atom. The highest BCUT2D eigenvalue weighted by molar-refractivity contribution is 7.80. The van der Waals surface area contributed by atoms with Gasteiger partial charge < -0.3 is 25.4 Å². The molecule has 0 aliphatic rings. The highest BCUT2D eigenvalue weighted by atomic mass is 32.1. The molecule has 180 valence electrons. The second-order valence-corrected chi connectivity index (χ2v) is 9.41. The lowest BCUT2D eigenvalue weighted by Crippen LogP contribution is -2.56. The van der Waals surface area contributed by atoms with Gasteiger partial charge in [0.25, 0.3) is 0 Å². The van der Waals surface area contributed by atoms with Gasteiger partial charge in [0, 0.05) is 17.8 Å². The predicted octanol–water partition coefficient (Wildman–Crippen LogP) is 3.41. The van der Waals surface area contributed by atoms with E-state index in [2.05, 4.69) is 23.3 Å². The summed E-state index contributed by atoms with van der Waals surface area (Å²) in [5.74, 6) is -0.843. The van der Waals surface area contributed by atoms with Gasteiger partial charge in [-0.2, -0.15) is 12.6 Å². The first-order chi connectivity index (χ1) is 14.8. The first-order valence-corrected chi connectivity index (χ1v) is 11.5. The number of thiol groups is 1. The van der Waals surface area contributed by atoms with Crippen LogP contribution >= 0.6 is 12.6 Å². The van der Waals surface area contributed by atoms with Crippen molar-refractivity contribution >= 4 is 30.5 Å². The first kappa shape index (κ1) is 27.6. The van der Waals surface area contributed by atoms with Crippen LogP contribution in [0.15, 0.2) is 24.3 Å². The van der Waals surface area contributed by atoms with Gasteiger partial charge in [-0.15, -0.1) is 0 Å². The van der Waals surface area contributed by atoms with Gasteiger partial charge in [0.1, 0.15) is 23.4 Å². The number of ether oxygens (including phenoxy) is 1. The Balaban J connectivity index is 3.41. The van der Waals surface area contributed by atoms with Gasteiger partial charge in [-0.05, 0) is 65.7 Å². The molecule has 8 nitrogen and oxygen atoms in total. The highest BCUT2D eigenvalue weighted by Gasteiger charge is 2.38. The van der Waals surface area contributed by atoms with E-state index in [1.165, 1.54) is 17.0 Å². The Labute approximate surface area is 196 Å². The van der Waals surface area contributed by atoms with E-state index in [1.54, 1.807) is 32.9 Å². The number of aromatic hydroxyl groups is 1. The minimum absolute atomic E-state index is 0.0148. The summed E-state index contributed by atoms with van der Waals surface area (Å²) < 4.78 is 5.28. The Hall–Kier alpha value is -2.42. The van der Waals surface area contributed by atoms with Crippen molar-refractivity contribution in [2.24, 2.45) is 0 Å². The molecule has 3 N–H and O–H groups in total. The van der Waals surface area contributed by atoms with Gasteiger partial charge in [-0.3, -0.25) is 9.59 Å². The van der Waals surface area contributed by atoms with Crippen molar-refractivity contribution in [1.82, 2.24) is 15.5 Å². The Morgan fingerprint density at radius 1 is 1.16 bits per heavy atom. The van der Waals surface area contributed by atoms with Crippen molar-refractivity contribution in [2.45, 2.75) is 84.7 Å². The Bertz CT molecular complexity index is 794. The van der Waals surface area contributed by atoms with Crippen LogP contribution < -0.4 is 10.6 Å². The Kier molecular flexibility index (Phi) is 10.3. The largest absolute Gasteiger partial charge is 0.508 e. The maximum Gasteiger partial charge on any atom is 0.408 e. The maximum absolute atomic E-state index is 13.6. The fourth-order valence-corrected chi connectivity index (χ4v) is 3.35. The summed E-state index contributed by atoms with van der Waals surface area (Å²) in [6, 6.07) is 3.76. The fourth-order valence-electron chi connectivity index (χ4n) is 3.11. The number of nitrogens with zero attached hydrogens (tertiary/aromatic N) is 1. The molecule has 0 bridgehead atoms. The highest BCUT2D eigenvalue weighted by Crippen LogP contribution is 2.28. The van der Waals surface area contributed by atoms with Crippen LogP contribution in [0.4, 0.5) is 4.79 Å². The molecular weight excluding hydrogens is 430 g/mol. The average Bonchev–Trinajstić information content (AvgIpc) is 2.67. The molecule has 0 aliphatic carbocycles. The molecule has 0 saturated heterocycles. The number of benzene rings is 1. The normalized spacial score (nSPS) is 14.3. The number of phenolic OH excluding ortho intramolecular Hbond substituents is 1. The van der Waals surface area contributed by atoms with Crippen LogP contribution in [0.2, 0.25) is 0 Å². The lowest BCUT2D eigenvalue weighted by atomic mass is 9.99. The number of nitrogens with one attached hydrogen (secondary N) is 2. The number of amides is 3. The van der Waals surface area contributed by atoms with E-state index in [0.29, 0.717) is 12.0 Å². The van der Waals surface area contributed by atoms with Crippen molar-refractivity contribution in [1.29, 1.82) is 0 Å². The van der Waals surface area contributed by atoms with Crippen molar-refractivity contribution < 1.29 is 24.2 Å². The minimum Gasteiger partial charge on any atom is -0.508 e. The second kappa shape index (κ2) is 12.0. The number of phenols is 1. The van der Waals surface area contributed by atoms with Crippen LogP contribution in [0.25, 0.3) is 0 Å². The number of hydrogen-bond acceptors (Lipinski definition) is 6. The quantitative estimate of drug-likeness (QED) is 0.416. The molecule has 3 amide bonds. The van der Waals surface area contributed by atoms with Crippen LogP contribution in [-0.4, -0.2) is 57.4 Å². The van der Waals surface area contributed by atoms with E-state index in [0.717, 1.165) is 0 Å². The molecule has 9 heteroatoms. The summed E-state index contributed by atoms with van der Waals surface area (Å²) in [5.41, 5.74) is -0.265. The third-order valence-corrected chi connectivity index (χ3v) is 5.00. The van der Waals surface area contributed by atoms with Gasteiger partial charge in [0.2, 0.25) is 11.8 Å². The lowest BCUT2D eigenvalue weighted by molar-refractivity contribution is -0.144. The molecule has 0 saturated carbocycles. The predicted molar refractivity (Wildman–Crippen MR) is 128 cm³/mol. The fraction of sp³-hybridized carbons (Fsp3) is 0.609. The minimum atomic E-state index is -1.01. The summed E-state index contributed by atoms with van der Waals surface area (Å²) in [4.78, 5) is 40.6.